The summed E-state index contributed by atoms with van der Waals surface area (Å²) >= 11 is 0. The number of carbonyl (C=O) groups excluding carboxylic acids is 2. The van der Waals surface area contributed by atoms with Crippen LogP contribution in [0.4, 0.5) is 0 Å². The third kappa shape index (κ3) is 4.14. The quantitative estimate of drug-likeness (QED) is 0.209. The lowest BCUT2D eigenvalue weighted by molar-refractivity contribution is -0.293. The van der Waals surface area contributed by atoms with E-state index in [1.165, 1.54) is 19.9 Å². The average Bonchev–Trinajstić information content (AvgIpc) is 3.21. The molecule has 1 heterocycles. The summed E-state index contributed by atoms with van der Waals surface area (Å²) < 4.78 is 47.3. The van der Waals surface area contributed by atoms with Gasteiger partial charge in [-0.2, -0.15) is 0 Å². The Labute approximate surface area is 230 Å². The van der Waals surface area contributed by atoms with Crippen molar-refractivity contribution in [1.82, 2.24) is 0 Å². The van der Waals surface area contributed by atoms with Crippen molar-refractivity contribution < 1.29 is 65.1 Å². The van der Waals surface area contributed by atoms with Crippen LogP contribution in [0.3, 0.4) is 0 Å². The van der Waals surface area contributed by atoms with Crippen molar-refractivity contribution in [2.45, 2.75) is 101 Å². The summed E-state index contributed by atoms with van der Waals surface area (Å²) in [6.07, 6.45) is -17.1. The number of hydrogen-bond acceptors (Lipinski definition) is 11. The Morgan fingerprint density at radius 1 is 1.15 bits per heavy atom. The van der Waals surface area contributed by atoms with Gasteiger partial charge in [0, 0.05) is 15.9 Å². The van der Waals surface area contributed by atoms with Gasteiger partial charge in [-0.05, 0) is 66.9 Å². The zero-order valence-electron chi connectivity index (χ0n) is 25.6. The monoisotopic (exact) mass is 558 g/mol. The Hall–Kier alpha value is -1.77. The number of aliphatic hydroxyl groups is 6. The zero-order valence-corrected chi connectivity index (χ0v) is 21.6. The molecule has 39 heavy (non-hydrogen) atoms. The van der Waals surface area contributed by atoms with E-state index in [1.807, 2.05) is 0 Å². The summed E-state index contributed by atoms with van der Waals surface area (Å²) in [6, 6.07) is 0. The summed E-state index contributed by atoms with van der Waals surface area (Å²) in [5.41, 5.74) is -6.15. The lowest BCUT2D eigenvalue weighted by Crippen LogP contribution is -2.64. The third-order valence-corrected chi connectivity index (χ3v) is 9.82. The van der Waals surface area contributed by atoms with Crippen LogP contribution in [0.25, 0.3) is 0 Å². The first-order valence-electron chi connectivity index (χ1n) is 15.1. The molecule has 0 aromatic heterocycles. The highest BCUT2D eigenvalue weighted by Crippen LogP contribution is 2.67. The lowest BCUT2D eigenvalue weighted by Gasteiger charge is -2.61. The number of rotatable bonds is 5. The second-order valence-corrected chi connectivity index (χ2v) is 11.8. The number of hydrogen-bond donors (Lipinski definition) is 7. The molecular weight excluding hydrogens is 516 g/mol. The standard InChI is InChI=1S/C27H38O12/c1-25-5-3-11(28)7-14(25)15(29)8-12-13-4-6-27(37,26(13,2)9-16(30)18(12)25)17(31)10-38-24-21(34)19(32)20(33)22(39-24)23(35)36/h7,12-13,15-16,18-22,24,29-30,32-34,37H,3-6,8-10H2,1-2H3,(H,35,36)/t12-,13-,15+,16-,18+,19-,20-,21+,22-,24+,25-,26-,27-/m0/s1/i9D2,16D,18D. The minimum Gasteiger partial charge on any atom is -0.479 e. The fourth-order valence-corrected chi connectivity index (χ4v) is 7.60. The second kappa shape index (κ2) is 9.66. The van der Waals surface area contributed by atoms with Crippen LogP contribution in [-0.2, 0) is 23.9 Å². The highest BCUT2D eigenvalue weighted by molar-refractivity contribution is 5.92. The van der Waals surface area contributed by atoms with Crippen molar-refractivity contribution in [2.24, 2.45) is 28.6 Å². The second-order valence-electron chi connectivity index (χ2n) is 11.8. The maximum atomic E-state index is 13.7. The molecule has 7 N–H and O–H groups in total. The van der Waals surface area contributed by atoms with Crippen molar-refractivity contribution in [3.8, 4) is 0 Å². The normalized spacial score (nSPS) is 57.9. The van der Waals surface area contributed by atoms with Gasteiger partial charge < -0.3 is 45.2 Å². The van der Waals surface area contributed by atoms with Crippen molar-refractivity contribution in [2.75, 3.05) is 6.61 Å². The van der Waals surface area contributed by atoms with E-state index in [1.54, 1.807) is 0 Å². The minimum atomic E-state index is -3.26. The van der Waals surface area contributed by atoms with Crippen LogP contribution in [0.15, 0.2) is 11.6 Å². The molecule has 12 nitrogen and oxygen atoms in total. The van der Waals surface area contributed by atoms with Gasteiger partial charge in [0.2, 0.25) is 0 Å². The van der Waals surface area contributed by atoms with E-state index in [9.17, 15) is 51.5 Å². The molecule has 0 unspecified atom stereocenters. The summed E-state index contributed by atoms with van der Waals surface area (Å²) in [6.45, 7) is 1.66. The first-order chi connectivity index (χ1) is 19.6. The summed E-state index contributed by atoms with van der Waals surface area (Å²) in [5.74, 6) is -7.52. The van der Waals surface area contributed by atoms with E-state index in [2.05, 4.69) is 0 Å². The van der Waals surface area contributed by atoms with Crippen molar-refractivity contribution in [3.63, 3.8) is 0 Å². The number of aliphatic hydroxyl groups excluding tert-OH is 4. The molecule has 0 aromatic rings. The Morgan fingerprint density at radius 2 is 1.85 bits per heavy atom. The topological polar surface area (TPSA) is 211 Å². The fourth-order valence-electron chi connectivity index (χ4n) is 7.60. The van der Waals surface area contributed by atoms with Crippen molar-refractivity contribution in [1.29, 1.82) is 0 Å². The molecule has 4 fully saturated rings. The molecule has 1 saturated heterocycles. The van der Waals surface area contributed by atoms with Gasteiger partial charge in [0.05, 0.1) is 13.6 Å². The van der Waals surface area contributed by atoms with E-state index in [0.29, 0.717) is 0 Å². The Bertz CT molecular complexity index is 1260. The van der Waals surface area contributed by atoms with E-state index in [0.717, 1.165) is 0 Å². The molecule has 0 aromatic carbocycles. The zero-order chi connectivity index (χ0) is 32.3. The number of aliphatic carboxylic acids is 1. The number of ketones is 2. The first kappa shape index (κ1) is 23.9. The maximum Gasteiger partial charge on any atom is 0.335 e. The van der Waals surface area contributed by atoms with E-state index < -0.39 is 102 Å². The highest BCUT2D eigenvalue weighted by Gasteiger charge is 2.69. The highest BCUT2D eigenvalue weighted by atomic mass is 16.7. The van der Waals surface area contributed by atoms with Gasteiger partial charge in [-0.15, -0.1) is 0 Å². The lowest BCUT2D eigenvalue weighted by atomic mass is 9.45. The number of carboxylic acid groups (broad SMARTS) is 1. The first-order valence-corrected chi connectivity index (χ1v) is 13.1. The molecule has 0 amide bonds. The number of carbonyl (C=O) groups is 3. The number of carboxylic acids is 1. The Kier molecular flexibility index (Phi) is 5.92. The molecule has 3 saturated carbocycles. The van der Waals surface area contributed by atoms with E-state index in [-0.39, 0.29) is 43.5 Å². The smallest absolute Gasteiger partial charge is 0.335 e. The molecule has 0 spiro atoms. The van der Waals surface area contributed by atoms with Crippen LogP contribution in [0.2, 0.25) is 0 Å². The van der Waals surface area contributed by atoms with Crippen molar-refractivity contribution in [3.05, 3.63) is 11.6 Å². The van der Waals surface area contributed by atoms with Gasteiger partial charge >= 0.3 is 5.97 Å². The van der Waals surface area contributed by atoms with Gasteiger partial charge in [0.25, 0.3) is 0 Å². The number of fused-ring (bicyclic) bond motifs is 5. The van der Waals surface area contributed by atoms with Crippen LogP contribution in [0.1, 0.15) is 57.8 Å². The van der Waals surface area contributed by atoms with Crippen LogP contribution in [0.5, 0.6) is 0 Å². The largest absolute Gasteiger partial charge is 0.479 e. The molecule has 5 aliphatic rings. The minimum absolute atomic E-state index is 0.0198. The van der Waals surface area contributed by atoms with Gasteiger partial charge in [0.15, 0.2) is 24.0 Å². The van der Waals surface area contributed by atoms with Gasteiger partial charge in [0.1, 0.15) is 30.5 Å². The van der Waals surface area contributed by atoms with Crippen LogP contribution in [0, 0.1) is 28.6 Å². The third-order valence-electron chi connectivity index (χ3n) is 9.82. The molecule has 218 valence electrons. The summed E-state index contributed by atoms with van der Waals surface area (Å²) in [4.78, 5) is 37.3. The molecule has 0 bridgehead atoms. The molecule has 0 radical (unpaired) electrons. The van der Waals surface area contributed by atoms with Crippen LogP contribution >= 0.6 is 0 Å². The summed E-state index contributed by atoms with van der Waals surface area (Å²) in [7, 11) is 0. The van der Waals surface area contributed by atoms with Gasteiger partial charge in [-0.25, -0.2) is 4.79 Å². The SMILES string of the molecule is [2H]C1([2H])[C@]([2H])(O)[C@@]2([2H])[C@@H](C[C@@H](O)C3=CC(=O)CC[C@@]32C)[C@@H]2CC[C@](O)(C(=O)CO[C@@H]3O[C@H](C(=O)O)[C@@H](O)[C@H](O)[C@H]3O)[C@]21C. The number of ether oxygens (including phenoxy) is 2. The van der Waals surface area contributed by atoms with E-state index >= 15 is 0 Å². The van der Waals surface area contributed by atoms with Crippen molar-refractivity contribution >= 4 is 17.5 Å². The fraction of sp³-hybridized carbons (Fsp3) is 0.815. The molecule has 5 rings (SSSR count). The molecular formula is C27H38O12. The number of Topliss-reactive ketones (excluding diaryl/α,β-unsaturated/α-hetero) is 1. The maximum absolute atomic E-state index is 13.7. The Balaban J connectivity index is 1.50. The molecule has 4 aliphatic carbocycles. The summed E-state index contributed by atoms with van der Waals surface area (Å²) in [5, 5.41) is 74.3. The molecule has 12 heteroatoms. The predicted octanol–water partition coefficient (Wildman–Crippen LogP) is -1.33. The Morgan fingerprint density at radius 3 is 2.51 bits per heavy atom. The van der Waals surface area contributed by atoms with Crippen LogP contribution in [-0.4, -0.2) is 108 Å². The van der Waals surface area contributed by atoms with Crippen LogP contribution < -0.4 is 0 Å². The predicted molar refractivity (Wildman–Crippen MR) is 130 cm³/mol. The van der Waals surface area contributed by atoms with Gasteiger partial charge in [-0.3, -0.25) is 9.59 Å². The molecule has 1 aliphatic heterocycles. The van der Waals surface area contributed by atoms with E-state index in [4.69, 9.17) is 13.6 Å². The average molecular weight is 559 g/mol. The molecule has 13 atom stereocenters. The van der Waals surface area contributed by atoms with Gasteiger partial charge in [-0.1, -0.05) is 13.8 Å².